The molecule has 0 radical (unpaired) electrons. The van der Waals surface area contributed by atoms with Gasteiger partial charge in [-0.2, -0.15) is 0 Å². The number of hydrogen-bond donors (Lipinski definition) is 0. The van der Waals surface area contributed by atoms with Crippen molar-refractivity contribution in [1.82, 2.24) is 0 Å². The van der Waals surface area contributed by atoms with Crippen LogP contribution in [0.5, 0.6) is 0 Å². The summed E-state index contributed by atoms with van der Waals surface area (Å²) in [6.45, 7) is 0. The molecule has 3 rings (SSSR count). The Hall–Kier alpha value is -1.82. The molecule has 1 aromatic heterocycles. The van der Waals surface area contributed by atoms with Crippen LogP contribution in [0.25, 0.3) is 23.3 Å². The van der Waals surface area contributed by atoms with Gasteiger partial charge in [0, 0.05) is 0 Å². The van der Waals surface area contributed by atoms with Crippen LogP contribution in [0, 0.1) is 0 Å². The van der Waals surface area contributed by atoms with Gasteiger partial charge in [-0.3, -0.25) is 0 Å². The second-order valence-corrected chi connectivity index (χ2v) is 6.30. The Morgan fingerprint density at radius 3 is 2.11 bits per heavy atom. The molecule has 0 bridgehead atoms. The number of rotatable bonds is 3. The third-order valence-corrected chi connectivity index (χ3v) is 4.86. The number of hydrogen-bond acceptors (Lipinski definition) is 0. The molecule has 92 valence electrons. The van der Waals surface area contributed by atoms with Gasteiger partial charge >= 0.3 is 119 Å². The maximum absolute atomic E-state index is 2.29. The first-order chi connectivity index (χ1) is 9.43. The molecule has 1 heteroatoms. The summed E-state index contributed by atoms with van der Waals surface area (Å²) in [7, 11) is 0. The molecule has 0 unspecified atom stereocenters. The molecule has 19 heavy (non-hydrogen) atoms. The predicted molar refractivity (Wildman–Crippen MR) is 84.2 cm³/mol. The summed E-state index contributed by atoms with van der Waals surface area (Å²) in [5.74, 6) is 0. The van der Waals surface area contributed by atoms with E-state index in [1.54, 1.807) is 0 Å². The summed E-state index contributed by atoms with van der Waals surface area (Å²) in [4.78, 5) is 2.29. The van der Waals surface area contributed by atoms with Crippen molar-refractivity contribution >= 4 is 26.7 Å². The molecule has 3 aromatic rings. The van der Waals surface area contributed by atoms with Crippen molar-refractivity contribution in [2.24, 2.45) is 0 Å². The molecule has 0 aliphatic rings. The molecule has 0 fully saturated rings. The fourth-order valence-electron chi connectivity index (χ4n) is 2.04. The molecular formula is C18H14Se. The normalized spacial score (nSPS) is 10.9. The Balaban J connectivity index is 1.91. The Labute approximate surface area is 119 Å². The first-order valence-corrected chi connectivity index (χ1v) is 8.14. The predicted octanol–water partition coefficient (Wildman–Crippen LogP) is 4.58. The molecule has 0 saturated carbocycles. The van der Waals surface area contributed by atoms with E-state index in [1.807, 2.05) is 6.07 Å². The van der Waals surface area contributed by atoms with Gasteiger partial charge in [0.25, 0.3) is 0 Å². The van der Waals surface area contributed by atoms with Gasteiger partial charge in [0.2, 0.25) is 0 Å². The summed E-state index contributed by atoms with van der Waals surface area (Å²) >= 11 is 0.455. The van der Waals surface area contributed by atoms with Crippen molar-refractivity contribution in [2.45, 2.75) is 0 Å². The van der Waals surface area contributed by atoms with Crippen molar-refractivity contribution in [2.75, 3.05) is 0 Å². The van der Waals surface area contributed by atoms with E-state index in [-0.39, 0.29) is 0 Å². The Kier molecular flexibility index (Phi) is 3.78. The van der Waals surface area contributed by atoms with Gasteiger partial charge in [0.05, 0.1) is 0 Å². The monoisotopic (exact) mass is 310 g/mol. The van der Waals surface area contributed by atoms with Crippen molar-refractivity contribution in [1.29, 1.82) is 0 Å². The second kappa shape index (κ2) is 5.88. The van der Waals surface area contributed by atoms with E-state index >= 15 is 0 Å². The SMILES string of the molecule is C(=C\c1[se]ccc1-c1ccccc1)/c1ccccc1. The molecule has 0 saturated heterocycles. The minimum absolute atomic E-state index is 0.455. The first-order valence-electron chi connectivity index (χ1n) is 6.29. The summed E-state index contributed by atoms with van der Waals surface area (Å²) in [6, 6.07) is 23.3. The standard InChI is InChI=1S/C18H14Se/c1-3-7-15(8-4-1)11-12-18-17(13-14-19-18)16-9-5-2-6-10-16/h1-14H/b12-11+. The van der Waals surface area contributed by atoms with Crippen molar-refractivity contribution in [3.05, 3.63) is 81.7 Å². The molecule has 1 heterocycles. The molecule has 0 aliphatic carbocycles. The van der Waals surface area contributed by atoms with Crippen LogP contribution >= 0.6 is 0 Å². The third kappa shape index (κ3) is 2.95. The quantitative estimate of drug-likeness (QED) is 0.621. The van der Waals surface area contributed by atoms with E-state index in [9.17, 15) is 0 Å². The average Bonchev–Trinajstić information content (AvgIpc) is 2.95. The van der Waals surface area contributed by atoms with Gasteiger partial charge in [-0.15, -0.1) is 0 Å². The summed E-state index contributed by atoms with van der Waals surface area (Å²) < 4.78 is 1.45. The van der Waals surface area contributed by atoms with Crippen LogP contribution in [0.2, 0.25) is 0 Å². The van der Waals surface area contributed by atoms with E-state index in [0.717, 1.165) is 0 Å². The molecule has 0 aliphatic heterocycles. The van der Waals surface area contributed by atoms with E-state index in [1.165, 1.54) is 21.1 Å². The average molecular weight is 309 g/mol. The van der Waals surface area contributed by atoms with E-state index in [4.69, 9.17) is 0 Å². The van der Waals surface area contributed by atoms with Gasteiger partial charge in [-0.25, -0.2) is 0 Å². The second-order valence-electron chi connectivity index (χ2n) is 4.31. The number of benzene rings is 2. The molecule has 0 spiro atoms. The van der Waals surface area contributed by atoms with Crippen molar-refractivity contribution in [3.8, 4) is 11.1 Å². The van der Waals surface area contributed by atoms with Gasteiger partial charge < -0.3 is 0 Å². The van der Waals surface area contributed by atoms with E-state index in [2.05, 4.69) is 77.8 Å². The molecule has 0 amide bonds. The molecule has 2 aromatic carbocycles. The van der Waals surface area contributed by atoms with Gasteiger partial charge in [-0.05, 0) is 0 Å². The molecule has 0 N–H and O–H groups in total. The summed E-state index contributed by atoms with van der Waals surface area (Å²) in [5, 5.41) is 0. The summed E-state index contributed by atoms with van der Waals surface area (Å²) in [5.41, 5.74) is 3.93. The van der Waals surface area contributed by atoms with Crippen LogP contribution in [0.3, 0.4) is 0 Å². The van der Waals surface area contributed by atoms with E-state index < -0.39 is 0 Å². The fraction of sp³-hybridized carbons (Fsp3) is 0. The zero-order valence-corrected chi connectivity index (χ0v) is 12.2. The zero-order valence-electron chi connectivity index (χ0n) is 10.5. The Morgan fingerprint density at radius 1 is 0.684 bits per heavy atom. The maximum atomic E-state index is 2.29. The fourth-order valence-corrected chi connectivity index (χ4v) is 3.74. The summed E-state index contributed by atoms with van der Waals surface area (Å²) in [6.07, 6.45) is 4.46. The van der Waals surface area contributed by atoms with Crippen LogP contribution in [0.4, 0.5) is 0 Å². The van der Waals surface area contributed by atoms with E-state index in [0.29, 0.717) is 14.5 Å². The minimum atomic E-state index is 0.455. The molecular weight excluding hydrogens is 295 g/mol. The zero-order chi connectivity index (χ0) is 12.9. The van der Waals surface area contributed by atoms with Gasteiger partial charge in [0.1, 0.15) is 0 Å². The van der Waals surface area contributed by atoms with Crippen molar-refractivity contribution in [3.63, 3.8) is 0 Å². The Bertz CT molecular complexity index is 663. The van der Waals surface area contributed by atoms with Crippen LogP contribution in [0.15, 0.2) is 71.7 Å². The topological polar surface area (TPSA) is 0 Å². The van der Waals surface area contributed by atoms with Crippen LogP contribution in [-0.2, 0) is 0 Å². The van der Waals surface area contributed by atoms with Gasteiger partial charge in [-0.1, -0.05) is 0 Å². The molecule has 0 atom stereocenters. The van der Waals surface area contributed by atoms with Crippen LogP contribution < -0.4 is 0 Å². The van der Waals surface area contributed by atoms with Crippen molar-refractivity contribution < 1.29 is 0 Å². The molecule has 0 nitrogen and oxygen atoms in total. The first kappa shape index (κ1) is 12.2. The Morgan fingerprint density at radius 2 is 1.37 bits per heavy atom. The van der Waals surface area contributed by atoms with Crippen LogP contribution in [-0.4, -0.2) is 14.5 Å². The third-order valence-electron chi connectivity index (χ3n) is 3.01. The van der Waals surface area contributed by atoms with Crippen LogP contribution in [0.1, 0.15) is 10.0 Å². The van der Waals surface area contributed by atoms with Gasteiger partial charge in [0.15, 0.2) is 0 Å².